The van der Waals surface area contributed by atoms with Crippen LogP contribution in [0.3, 0.4) is 0 Å². The number of hydrogen-bond donors (Lipinski definition) is 2. The van der Waals surface area contributed by atoms with E-state index in [4.69, 9.17) is 16.3 Å². The summed E-state index contributed by atoms with van der Waals surface area (Å²) >= 11 is 6.28. The fourth-order valence-electron chi connectivity index (χ4n) is 4.53. The van der Waals surface area contributed by atoms with Crippen molar-refractivity contribution in [1.29, 1.82) is 0 Å². The molecule has 0 bridgehead atoms. The molecule has 162 valence electrons. The van der Waals surface area contributed by atoms with Crippen molar-refractivity contribution < 1.29 is 9.53 Å². The number of fused-ring (bicyclic) bond motifs is 3. The summed E-state index contributed by atoms with van der Waals surface area (Å²) in [5, 5.41) is 4.90. The maximum Gasteiger partial charge on any atom is 0.322 e. The molecule has 3 aromatic carbocycles. The van der Waals surface area contributed by atoms with Crippen molar-refractivity contribution in [2.75, 3.05) is 19.0 Å². The Morgan fingerprint density at radius 2 is 1.94 bits per heavy atom. The lowest BCUT2D eigenvalue weighted by molar-refractivity contribution is 0.193. The third-order valence-corrected chi connectivity index (χ3v) is 6.29. The molecule has 1 aliphatic rings. The average molecular weight is 446 g/mol. The first kappa shape index (κ1) is 20.5. The van der Waals surface area contributed by atoms with Crippen LogP contribution in [0.2, 0.25) is 5.02 Å². The normalized spacial score (nSPS) is 15.5. The molecule has 0 spiro atoms. The number of anilines is 1. The van der Waals surface area contributed by atoms with Gasteiger partial charge in [-0.3, -0.25) is 0 Å². The number of urea groups is 1. The molecule has 2 N–H and O–H groups in total. The highest BCUT2D eigenvalue weighted by Crippen LogP contribution is 2.39. The minimum Gasteiger partial charge on any atom is -0.497 e. The van der Waals surface area contributed by atoms with Gasteiger partial charge in [-0.05, 0) is 72.5 Å². The number of H-pyrrole nitrogens is 1. The van der Waals surface area contributed by atoms with Crippen LogP contribution in [0.15, 0.2) is 66.7 Å². The second-order valence-corrected chi connectivity index (χ2v) is 8.56. The minimum atomic E-state index is -0.249. The number of aromatic amines is 1. The predicted molar refractivity (Wildman–Crippen MR) is 129 cm³/mol. The van der Waals surface area contributed by atoms with Crippen molar-refractivity contribution in [3.63, 3.8) is 0 Å². The van der Waals surface area contributed by atoms with Crippen LogP contribution in [-0.4, -0.2) is 29.6 Å². The first-order chi connectivity index (χ1) is 15.5. The molecule has 2 amide bonds. The van der Waals surface area contributed by atoms with Gasteiger partial charge in [0.1, 0.15) is 5.75 Å². The zero-order valence-corrected chi connectivity index (χ0v) is 18.7. The lowest BCUT2D eigenvalue weighted by Crippen LogP contribution is -2.43. The fraction of sp³-hybridized carbons (Fsp3) is 0.192. The molecule has 0 radical (unpaired) electrons. The van der Waals surface area contributed by atoms with Crippen LogP contribution in [0.5, 0.6) is 5.75 Å². The smallest absolute Gasteiger partial charge is 0.322 e. The maximum absolute atomic E-state index is 13.4. The van der Waals surface area contributed by atoms with Crippen molar-refractivity contribution in [2.45, 2.75) is 19.4 Å². The number of hydrogen-bond acceptors (Lipinski definition) is 2. The van der Waals surface area contributed by atoms with Gasteiger partial charge in [0.05, 0.1) is 13.2 Å². The second kappa shape index (κ2) is 8.24. The number of carbonyl (C=O) groups excluding carboxylic acids is 1. The van der Waals surface area contributed by atoms with Gasteiger partial charge in [0, 0.05) is 33.9 Å². The average Bonchev–Trinajstić information content (AvgIpc) is 3.16. The number of ether oxygens (including phenoxy) is 1. The molecule has 4 aromatic rings. The highest BCUT2D eigenvalue weighted by Gasteiger charge is 2.34. The van der Waals surface area contributed by atoms with Crippen molar-refractivity contribution in [3.8, 4) is 5.75 Å². The van der Waals surface area contributed by atoms with E-state index in [9.17, 15) is 4.79 Å². The summed E-state index contributed by atoms with van der Waals surface area (Å²) in [6.45, 7) is 2.61. The van der Waals surface area contributed by atoms with E-state index in [-0.39, 0.29) is 12.1 Å². The molecule has 5 nitrogen and oxygen atoms in total. The minimum absolute atomic E-state index is 0.126. The number of nitrogens with one attached hydrogen (secondary N) is 2. The van der Waals surface area contributed by atoms with Gasteiger partial charge in [-0.2, -0.15) is 0 Å². The van der Waals surface area contributed by atoms with Gasteiger partial charge in [0.2, 0.25) is 0 Å². The molecule has 0 unspecified atom stereocenters. The number of aryl methyl sites for hydroxylation is 1. The molecule has 5 rings (SSSR count). The van der Waals surface area contributed by atoms with Gasteiger partial charge in [-0.25, -0.2) is 4.79 Å². The summed E-state index contributed by atoms with van der Waals surface area (Å²) in [7, 11) is 1.65. The van der Waals surface area contributed by atoms with E-state index >= 15 is 0 Å². The highest BCUT2D eigenvalue weighted by molar-refractivity contribution is 6.31. The van der Waals surface area contributed by atoms with E-state index in [2.05, 4.69) is 10.3 Å². The van der Waals surface area contributed by atoms with Crippen LogP contribution in [0.4, 0.5) is 10.5 Å². The summed E-state index contributed by atoms with van der Waals surface area (Å²) < 4.78 is 5.34. The molecule has 0 aliphatic carbocycles. The van der Waals surface area contributed by atoms with Gasteiger partial charge in [-0.1, -0.05) is 35.9 Å². The van der Waals surface area contributed by atoms with Crippen molar-refractivity contribution in [1.82, 2.24) is 9.88 Å². The highest BCUT2D eigenvalue weighted by atomic mass is 35.5. The Bertz CT molecular complexity index is 1300. The molecule has 2 heterocycles. The van der Waals surface area contributed by atoms with Gasteiger partial charge in [-0.15, -0.1) is 0 Å². The third-order valence-electron chi connectivity index (χ3n) is 6.05. The summed E-state index contributed by atoms with van der Waals surface area (Å²) in [4.78, 5) is 18.9. The topological polar surface area (TPSA) is 57.4 Å². The van der Waals surface area contributed by atoms with Crippen LogP contribution < -0.4 is 10.1 Å². The zero-order chi connectivity index (χ0) is 22.2. The number of aromatic nitrogens is 1. The van der Waals surface area contributed by atoms with Crippen molar-refractivity contribution in [3.05, 3.63) is 94.1 Å². The summed E-state index contributed by atoms with van der Waals surface area (Å²) in [6, 6.07) is 21.2. The van der Waals surface area contributed by atoms with Crippen molar-refractivity contribution in [2.24, 2.45) is 0 Å². The van der Waals surface area contributed by atoms with E-state index in [1.807, 2.05) is 78.6 Å². The van der Waals surface area contributed by atoms with Gasteiger partial charge in [0.25, 0.3) is 0 Å². The number of halogens is 1. The zero-order valence-electron chi connectivity index (χ0n) is 18.0. The largest absolute Gasteiger partial charge is 0.497 e. The number of rotatable bonds is 3. The Hall–Kier alpha value is -3.44. The molecule has 6 heteroatoms. The first-order valence-electron chi connectivity index (χ1n) is 10.6. The van der Waals surface area contributed by atoms with Crippen molar-refractivity contribution >= 4 is 34.2 Å². The summed E-state index contributed by atoms with van der Waals surface area (Å²) in [5.41, 5.74) is 6.17. The summed E-state index contributed by atoms with van der Waals surface area (Å²) in [6.07, 6.45) is 0.754. The van der Waals surface area contributed by atoms with E-state index in [1.54, 1.807) is 7.11 Å². The molecule has 1 aromatic heterocycles. The SMILES string of the molecule is COc1ccc([C@H]2c3[nH]c4ccc(Cl)cc4c3CCN2C(=O)Nc2cccc(C)c2)cc1. The summed E-state index contributed by atoms with van der Waals surface area (Å²) in [5.74, 6) is 0.781. The maximum atomic E-state index is 13.4. The van der Waals surface area contributed by atoms with Crippen LogP contribution in [0.1, 0.15) is 28.4 Å². The third kappa shape index (κ3) is 3.69. The van der Waals surface area contributed by atoms with Crippen LogP contribution in [0.25, 0.3) is 10.9 Å². The quantitative estimate of drug-likeness (QED) is 0.387. The van der Waals surface area contributed by atoms with Gasteiger partial charge in [0.15, 0.2) is 0 Å². The van der Waals surface area contributed by atoms with E-state index in [1.165, 1.54) is 5.56 Å². The van der Waals surface area contributed by atoms with E-state index in [0.717, 1.165) is 45.6 Å². The number of nitrogens with zero attached hydrogens (tertiary/aromatic N) is 1. The standard InChI is InChI=1S/C26H24ClN3O2/c1-16-4-3-5-19(14-16)28-26(31)30-13-12-21-22-15-18(27)8-11-23(22)29-24(21)25(30)17-6-9-20(32-2)10-7-17/h3-11,14-15,25,29H,12-13H2,1-2H3,(H,28,31)/t25-/m0/s1. The Labute approximate surface area is 192 Å². The fourth-order valence-corrected chi connectivity index (χ4v) is 4.70. The molecular formula is C26H24ClN3O2. The van der Waals surface area contributed by atoms with Crippen LogP contribution in [-0.2, 0) is 6.42 Å². The molecule has 1 atom stereocenters. The molecule has 1 aliphatic heterocycles. The van der Waals surface area contributed by atoms with Gasteiger partial charge >= 0.3 is 6.03 Å². The lowest BCUT2D eigenvalue weighted by Gasteiger charge is -2.36. The van der Waals surface area contributed by atoms with Crippen LogP contribution in [0, 0.1) is 6.92 Å². The first-order valence-corrected chi connectivity index (χ1v) is 11.0. The predicted octanol–water partition coefficient (Wildman–Crippen LogP) is 6.32. The molecule has 32 heavy (non-hydrogen) atoms. The molecule has 0 saturated heterocycles. The lowest BCUT2D eigenvalue weighted by atomic mass is 9.92. The van der Waals surface area contributed by atoms with Crippen LogP contribution >= 0.6 is 11.6 Å². The monoisotopic (exact) mass is 445 g/mol. The van der Waals surface area contributed by atoms with Gasteiger partial charge < -0.3 is 19.9 Å². The van der Waals surface area contributed by atoms with E-state index < -0.39 is 0 Å². The number of amides is 2. The number of carbonyl (C=O) groups is 1. The number of methoxy groups -OCH3 is 1. The Kier molecular flexibility index (Phi) is 5.27. The second-order valence-electron chi connectivity index (χ2n) is 8.13. The molecular weight excluding hydrogens is 422 g/mol. The molecule has 0 saturated carbocycles. The number of benzene rings is 3. The Morgan fingerprint density at radius 3 is 2.69 bits per heavy atom. The molecule has 0 fully saturated rings. The van der Waals surface area contributed by atoms with E-state index in [0.29, 0.717) is 11.6 Å². The Morgan fingerprint density at radius 1 is 1.12 bits per heavy atom. The Balaban J connectivity index is 1.58.